The second-order valence-corrected chi connectivity index (χ2v) is 4.87. The second-order valence-electron chi connectivity index (χ2n) is 4.87. The molecule has 3 rings (SSSR count). The molecule has 1 aliphatic rings. The van der Waals surface area contributed by atoms with Gasteiger partial charge in [0.15, 0.2) is 5.82 Å². The Bertz CT molecular complexity index is 527. The molecule has 2 heterocycles. The van der Waals surface area contributed by atoms with Gasteiger partial charge in [-0.25, -0.2) is 0 Å². The maximum atomic E-state index is 10.0. The minimum Gasteiger partial charge on any atom is -0.393 e. The van der Waals surface area contributed by atoms with Crippen LogP contribution in [0.3, 0.4) is 0 Å². The van der Waals surface area contributed by atoms with Gasteiger partial charge in [0.25, 0.3) is 0 Å². The van der Waals surface area contributed by atoms with Gasteiger partial charge in [-0.15, -0.1) is 5.10 Å². The second kappa shape index (κ2) is 5.46. The predicted octanol–water partition coefficient (Wildman–Crippen LogP) is 0.175. The van der Waals surface area contributed by atoms with E-state index >= 15 is 0 Å². The SMILES string of the molecule is OC1CCNCC1Cc1nnnn1-c1ccccc1. The first-order valence-electron chi connectivity index (χ1n) is 6.56. The van der Waals surface area contributed by atoms with Crippen LogP contribution in [-0.2, 0) is 6.42 Å². The average molecular weight is 259 g/mol. The number of hydrogen-bond acceptors (Lipinski definition) is 5. The van der Waals surface area contributed by atoms with Gasteiger partial charge in [-0.3, -0.25) is 0 Å². The molecule has 1 fully saturated rings. The maximum Gasteiger partial charge on any atom is 0.157 e. The first-order chi connectivity index (χ1) is 9.34. The molecular formula is C13H17N5O. The topological polar surface area (TPSA) is 75.9 Å². The van der Waals surface area contributed by atoms with Crippen LogP contribution in [0.5, 0.6) is 0 Å². The normalized spacial score (nSPS) is 23.4. The molecule has 0 aliphatic carbocycles. The van der Waals surface area contributed by atoms with Crippen LogP contribution in [0.25, 0.3) is 5.69 Å². The van der Waals surface area contributed by atoms with Crippen LogP contribution in [-0.4, -0.2) is 44.5 Å². The largest absolute Gasteiger partial charge is 0.393 e. The molecule has 2 unspecified atom stereocenters. The van der Waals surface area contributed by atoms with Crippen LogP contribution in [0.2, 0.25) is 0 Å². The molecule has 0 saturated carbocycles. The smallest absolute Gasteiger partial charge is 0.157 e. The highest BCUT2D eigenvalue weighted by molar-refractivity contribution is 5.30. The Morgan fingerprint density at radius 3 is 2.95 bits per heavy atom. The molecule has 2 aromatic rings. The summed E-state index contributed by atoms with van der Waals surface area (Å²) in [6, 6.07) is 9.81. The fourth-order valence-electron chi connectivity index (χ4n) is 2.45. The minimum absolute atomic E-state index is 0.169. The number of para-hydroxylation sites is 1. The van der Waals surface area contributed by atoms with Crippen molar-refractivity contribution < 1.29 is 5.11 Å². The van der Waals surface area contributed by atoms with Crippen molar-refractivity contribution in [3.63, 3.8) is 0 Å². The van der Waals surface area contributed by atoms with Crippen molar-refractivity contribution in [1.82, 2.24) is 25.5 Å². The first kappa shape index (κ1) is 12.3. The molecule has 1 aromatic carbocycles. The maximum absolute atomic E-state index is 10.0. The first-order valence-corrected chi connectivity index (χ1v) is 6.56. The number of benzene rings is 1. The Balaban J connectivity index is 1.81. The Kier molecular flexibility index (Phi) is 3.52. The average Bonchev–Trinajstić information content (AvgIpc) is 2.91. The van der Waals surface area contributed by atoms with Gasteiger partial charge >= 0.3 is 0 Å². The fourth-order valence-corrected chi connectivity index (χ4v) is 2.45. The molecule has 100 valence electrons. The Morgan fingerprint density at radius 2 is 2.16 bits per heavy atom. The van der Waals surface area contributed by atoms with Crippen LogP contribution in [0, 0.1) is 5.92 Å². The number of tetrazole rings is 1. The van der Waals surface area contributed by atoms with E-state index < -0.39 is 0 Å². The lowest BCUT2D eigenvalue weighted by Crippen LogP contribution is -2.41. The number of rotatable bonds is 3. The number of aliphatic hydroxyl groups is 1. The van der Waals surface area contributed by atoms with Crippen LogP contribution < -0.4 is 5.32 Å². The van der Waals surface area contributed by atoms with Gasteiger partial charge in [0, 0.05) is 18.9 Å². The zero-order valence-electron chi connectivity index (χ0n) is 10.6. The van der Waals surface area contributed by atoms with Crippen molar-refractivity contribution in [2.45, 2.75) is 18.9 Å². The summed E-state index contributed by atoms with van der Waals surface area (Å²) in [6.45, 7) is 1.68. The molecule has 1 aromatic heterocycles. The summed E-state index contributed by atoms with van der Waals surface area (Å²) >= 11 is 0. The number of piperidine rings is 1. The van der Waals surface area contributed by atoms with Gasteiger partial charge in [-0.05, 0) is 35.5 Å². The molecule has 6 nitrogen and oxygen atoms in total. The molecule has 1 aliphatic heterocycles. The van der Waals surface area contributed by atoms with Crippen molar-refractivity contribution in [3.8, 4) is 5.69 Å². The van der Waals surface area contributed by atoms with E-state index in [1.807, 2.05) is 30.3 Å². The van der Waals surface area contributed by atoms with E-state index in [0.717, 1.165) is 31.0 Å². The molecule has 0 bridgehead atoms. The van der Waals surface area contributed by atoms with Crippen molar-refractivity contribution in [2.75, 3.05) is 13.1 Å². The predicted molar refractivity (Wildman–Crippen MR) is 69.8 cm³/mol. The molecule has 0 amide bonds. The molecule has 1 saturated heterocycles. The zero-order valence-corrected chi connectivity index (χ0v) is 10.6. The molecule has 2 N–H and O–H groups in total. The highest BCUT2D eigenvalue weighted by Gasteiger charge is 2.25. The number of hydrogen-bond donors (Lipinski definition) is 2. The van der Waals surface area contributed by atoms with Crippen LogP contribution >= 0.6 is 0 Å². The summed E-state index contributed by atoms with van der Waals surface area (Å²) in [5.41, 5.74) is 0.945. The minimum atomic E-state index is -0.276. The molecule has 19 heavy (non-hydrogen) atoms. The molecule has 6 heteroatoms. The van der Waals surface area contributed by atoms with Crippen LogP contribution in [0.15, 0.2) is 30.3 Å². The third kappa shape index (κ3) is 2.64. The number of aromatic nitrogens is 4. The van der Waals surface area contributed by atoms with Crippen LogP contribution in [0.1, 0.15) is 12.2 Å². The Morgan fingerprint density at radius 1 is 1.32 bits per heavy atom. The van der Waals surface area contributed by atoms with Gasteiger partial charge in [0.1, 0.15) is 0 Å². The van der Waals surface area contributed by atoms with Crippen molar-refractivity contribution in [1.29, 1.82) is 0 Å². The summed E-state index contributed by atoms with van der Waals surface area (Å²) < 4.78 is 1.74. The highest BCUT2D eigenvalue weighted by atomic mass is 16.3. The third-order valence-electron chi connectivity index (χ3n) is 3.55. The quantitative estimate of drug-likeness (QED) is 0.822. The van der Waals surface area contributed by atoms with Gasteiger partial charge in [0.05, 0.1) is 11.8 Å². The number of nitrogens with one attached hydrogen (secondary N) is 1. The van der Waals surface area contributed by atoms with Crippen molar-refractivity contribution in [2.24, 2.45) is 5.92 Å². The van der Waals surface area contributed by atoms with E-state index in [-0.39, 0.29) is 12.0 Å². The van der Waals surface area contributed by atoms with E-state index in [0.29, 0.717) is 6.42 Å². The molecular weight excluding hydrogens is 242 g/mol. The Hall–Kier alpha value is -1.79. The summed E-state index contributed by atoms with van der Waals surface area (Å²) in [5.74, 6) is 0.959. The Labute approximate surface area is 111 Å². The third-order valence-corrected chi connectivity index (χ3v) is 3.55. The zero-order chi connectivity index (χ0) is 13.1. The lowest BCUT2D eigenvalue weighted by atomic mass is 9.93. The summed E-state index contributed by atoms with van der Waals surface area (Å²) in [4.78, 5) is 0. The van der Waals surface area contributed by atoms with E-state index in [1.54, 1.807) is 4.68 Å². The molecule has 0 radical (unpaired) electrons. The van der Waals surface area contributed by atoms with E-state index in [4.69, 9.17) is 0 Å². The molecule has 0 spiro atoms. The van der Waals surface area contributed by atoms with E-state index in [1.165, 1.54) is 0 Å². The highest BCUT2D eigenvalue weighted by Crippen LogP contribution is 2.17. The lowest BCUT2D eigenvalue weighted by molar-refractivity contribution is 0.0778. The standard InChI is InChI=1S/C13H17N5O/c19-12-6-7-14-9-10(12)8-13-15-16-17-18(13)11-4-2-1-3-5-11/h1-5,10,12,14,19H,6-9H2. The van der Waals surface area contributed by atoms with Gasteiger partial charge in [0.2, 0.25) is 0 Å². The number of nitrogens with zero attached hydrogens (tertiary/aromatic N) is 4. The summed E-state index contributed by atoms with van der Waals surface area (Å²) in [6.07, 6.45) is 1.19. The van der Waals surface area contributed by atoms with E-state index in [9.17, 15) is 5.11 Å². The summed E-state index contributed by atoms with van der Waals surface area (Å²) in [7, 11) is 0. The fraction of sp³-hybridized carbons (Fsp3) is 0.462. The van der Waals surface area contributed by atoms with Crippen molar-refractivity contribution >= 4 is 0 Å². The van der Waals surface area contributed by atoms with Crippen LogP contribution in [0.4, 0.5) is 0 Å². The van der Waals surface area contributed by atoms with Gasteiger partial charge in [-0.1, -0.05) is 18.2 Å². The summed E-state index contributed by atoms with van der Waals surface area (Å²) in [5, 5.41) is 25.2. The monoisotopic (exact) mass is 259 g/mol. The van der Waals surface area contributed by atoms with E-state index in [2.05, 4.69) is 20.8 Å². The van der Waals surface area contributed by atoms with Gasteiger partial charge < -0.3 is 10.4 Å². The lowest BCUT2D eigenvalue weighted by Gasteiger charge is -2.27. The number of aliphatic hydroxyl groups excluding tert-OH is 1. The molecule has 2 atom stereocenters. The van der Waals surface area contributed by atoms with Crippen molar-refractivity contribution in [3.05, 3.63) is 36.2 Å². The van der Waals surface area contributed by atoms with Gasteiger partial charge in [-0.2, -0.15) is 4.68 Å².